The van der Waals surface area contributed by atoms with Gasteiger partial charge in [-0.15, -0.1) is 0 Å². The Morgan fingerprint density at radius 1 is 1.28 bits per heavy atom. The van der Waals surface area contributed by atoms with Crippen LogP contribution in [-0.2, 0) is 4.79 Å². The van der Waals surface area contributed by atoms with E-state index in [2.05, 4.69) is 10.6 Å². The van der Waals surface area contributed by atoms with Crippen LogP contribution in [-0.4, -0.2) is 11.0 Å². The van der Waals surface area contributed by atoms with Crippen LogP contribution >= 0.6 is 12.2 Å². The van der Waals surface area contributed by atoms with E-state index < -0.39 is 0 Å². The average molecular weight is 264 g/mol. The molecule has 0 fully saturated rings. The van der Waals surface area contributed by atoms with Crippen molar-refractivity contribution in [3.63, 3.8) is 0 Å². The molecule has 0 spiro atoms. The number of carbonyl (C=O) groups excluding carboxylic acids is 1. The van der Waals surface area contributed by atoms with E-state index in [-0.39, 0.29) is 11.3 Å². The highest BCUT2D eigenvalue weighted by molar-refractivity contribution is 7.80. The standard InChI is InChI=1S/C14H20N2OS/c1-10-7-5-6-8-11(10)15-13(18)16-12(17)9-14(2,3)4/h5-8H,9H2,1-4H3,(H2,15,16,17,18). The van der Waals surface area contributed by atoms with Crippen molar-refractivity contribution < 1.29 is 4.79 Å². The normalized spacial score (nSPS) is 10.9. The van der Waals surface area contributed by atoms with Crippen LogP contribution in [0.25, 0.3) is 0 Å². The second-order valence-electron chi connectivity index (χ2n) is 5.55. The summed E-state index contributed by atoms with van der Waals surface area (Å²) in [6, 6.07) is 7.80. The minimum Gasteiger partial charge on any atom is -0.332 e. The lowest BCUT2D eigenvalue weighted by atomic mass is 9.92. The monoisotopic (exact) mass is 264 g/mol. The fourth-order valence-corrected chi connectivity index (χ4v) is 1.74. The van der Waals surface area contributed by atoms with E-state index in [4.69, 9.17) is 12.2 Å². The van der Waals surface area contributed by atoms with Crippen molar-refractivity contribution in [3.05, 3.63) is 29.8 Å². The van der Waals surface area contributed by atoms with Gasteiger partial charge in [-0.25, -0.2) is 0 Å². The largest absolute Gasteiger partial charge is 0.332 e. The third kappa shape index (κ3) is 5.27. The molecule has 1 amide bonds. The Kier molecular flexibility index (Phi) is 4.84. The number of hydrogen-bond donors (Lipinski definition) is 2. The van der Waals surface area contributed by atoms with Crippen LogP contribution in [0, 0.1) is 12.3 Å². The predicted molar refractivity (Wildman–Crippen MR) is 79.6 cm³/mol. The zero-order chi connectivity index (χ0) is 13.8. The number of rotatable bonds is 2. The first-order chi connectivity index (χ1) is 8.28. The summed E-state index contributed by atoms with van der Waals surface area (Å²) in [5.74, 6) is -0.0615. The average Bonchev–Trinajstić information content (AvgIpc) is 2.18. The second kappa shape index (κ2) is 5.96. The summed E-state index contributed by atoms with van der Waals surface area (Å²) < 4.78 is 0. The number of amides is 1. The molecule has 0 aliphatic carbocycles. The van der Waals surface area contributed by atoms with Gasteiger partial charge in [-0.3, -0.25) is 4.79 Å². The van der Waals surface area contributed by atoms with Gasteiger partial charge in [-0.05, 0) is 36.2 Å². The number of nitrogens with one attached hydrogen (secondary N) is 2. The summed E-state index contributed by atoms with van der Waals surface area (Å²) in [5.41, 5.74) is 1.96. The molecule has 98 valence electrons. The van der Waals surface area contributed by atoms with Crippen LogP contribution in [0.15, 0.2) is 24.3 Å². The van der Waals surface area contributed by atoms with E-state index in [1.54, 1.807) is 0 Å². The molecule has 0 radical (unpaired) electrons. The number of hydrogen-bond acceptors (Lipinski definition) is 2. The second-order valence-corrected chi connectivity index (χ2v) is 5.96. The molecule has 1 rings (SSSR count). The van der Waals surface area contributed by atoms with Crippen molar-refractivity contribution in [1.82, 2.24) is 5.32 Å². The molecule has 0 bridgehead atoms. The first kappa shape index (κ1) is 14.6. The van der Waals surface area contributed by atoms with E-state index in [0.717, 1.165) is 11.3 Å². The molecule has 1 aromatic rings. The van der Waals surface area contributed by atoms with Gasteiger partial charge < -0.3 is 10.6 Å². The molecule has 0 aliphatic heterocycles. The zero-order valence-corrected chi connectivity index (χ0v) is 12.1. The third-order valence-corrected chi connectivity index (χ3v) is 2.54. The number of carbonyl (C=O) groups is 1. The number of para-hydroxylation sites is 1. The Morgan fingerprint density at radius 2 is 1.89 bits per heavy atom. The van der Waals surface area contributed by atoms with Crippen LogP contribution in [0.1, 0.15) is 32.8 Å². The number of benzene rings is 1. The Labute approximate surface area is 114 Å². The van der Waals surface area contributed by atoms with E-state index in [1.807, 2.05) is 52.0 Å². The van der Waals surface area contributed by atoms with Crippen molar-refractivity contribution in [2.75, 3.05) is 5.32 Å². The Hall–Kier alpha value is -1.42. The van der Waals surface area contributed by atoms with Gasteiger partial charge in [0.25, 0.3) is 0 Å². The van der Waals surface area contributed by atoms with Gasteiger partial charge in [-0.2, -0.15) is 0 Å². The van der Waals surface area contributed by atoms with E-state index in [1.165, 1.54) is 0 Å². The van der Waals surface area contributed by atoms with Gasteiger partial charge in [0.05, 0.1) is 0 Å². The molecule has 0 saturated carbocycles. The number of anilines is 1. The van der Waals surface area contributed by atoms with Crippen molar-refractivity contribution in [2.24, 2.45) is 5.41 Å². The van der Waals surface area contributed by atoms with Gasteiger partial charge in [0.2, 0.25) is 5.91 Å². The molecule has 0 aliphatic rings. The molecule has 0 atom stereocenters. The lowest BCUT2D eigenvalue weighted by Gasteiger charge is -2.18. The predicted octanol–water partition coefficient (Wildman–Crippen LogP) is 3.24. The summed E-state index contributed by atoms with van der Waals surface area (Å²) in [6.07, 6.45) is 0.447. The Morgan fingerprint density at radius 3 is 2.44 bits per heavy atom. The van der Waals surface area contributed by atoms with E-state index >= 15 is 0 Å². The molecule has 1 aromatic carbocycles. The summed E-state index contributed by atoms with van der Waals surface area (Å²) in [4.78, 5) is 11.7. The van der Waals surface area contributed by atoms with Crippen LogP contribution < -0.4 is 10.6 Å². The van der Waals surface area contributed by atoms with Crippen molar-refractivity contribution in [1.29, 1.82) is 0 Å². The summed E-state index contributed by atoms with van der Waals surface area (Å²) >= 11 is 5.12. The van der Waals surface area contributed by atoms with Crippen LogP contribution in [0.2, 0.25) is 0 Å². The topological polar surface area (TPSA) is 41.1 Å². The molecule has 0 heterocycles. The first-order valence-electron chi connectivity index (χ1n) is 5.94. The van der Waals surface area contributed by atoms with Crippen molar-refractivity contribution >= 4 is 28.9 Å². The third-order valence-electron chi connectivity index (χ3n) is 2.34. The molecular weight excluding hydrogens is 244 g/mol. The maximum atomic E-state index is 11.7. The SMILES string of the molecule is Cc1ccccc1NC(=S)NC(=O)CC(C)(C)C. The maximum absolute atomic E-state index is 11.7. The van der Waals surface area contributed by atoms with Crippen LogP contribution in [0.4, 0.5) is 5.69 Å². The van der Waals surface area contributed by atoms with Crippen LogP contribution in [0.3, 0.4) is 0 Å². The molecule has 0 aromatic heterocycles. The Balaban J connectivity index is 2.53. The zero-order valence-electron chi connectivity index (χ0n) is 11.3. The lowest BCUT2D eigenvalue weighted by molar-refractivity contribution is -0.121. The van der Waals surface area contributed by atoms with Crippen molar-refractivity contribution in [2.45, 2.75) is 34.1 Å². The fraction of sp³-hybridized carbons (Fsp3) is 0.429. The van der Waals surface area contributed by atoms with Crippen molar-refractivity contribution in [3.8, 4) is 0 Å². The quantitative estimate of drug-likeness (QED) is 0.806. The molecule has 3 nitrogen and oxygen atoms in total. The highest BCUT2D eigenvalue weighted by atomic mass is 32.1. The minimum atomic E-state index is -0.0615. The Bertz CT molecular complexity index is 449. The first-order valence-corrected chi connectivity index (χ1v) is 6.35. The summed E-state index contributed by atoms with van der Waals surface area (Å²) in [7, 11) is 0. The molecule has 0 unspecified atom stereocenters. The van der Waals surface area contributed by atoms with E-state index in [0.29, 0.717) is 11.5 Å². The van der Waals surface area contributed by atoms with E-state index in [9.17, 15) is 4.79 Å². The molecular formula is C14H20N2OS. The van der Waals surface area contributed by atoms with Gasteiger partial charge >= 0.3 is 0 Å². The van der Waals surface area contributed by atoms with Gasteiger partial charge in [0.1, 0.15) is 0 Å². The molecule has 4 heteroatoms. The maximum Gasteiger partial charge on any atom is 0.226 e. The molecule has 2 N–H and O–H groups in total. The van der Waals surface area contributed by atoms with Gasteiger partial charge in [0, 0.05) is 12.1 Å². The highest BCUT2D eigenvalue weighted by Gasteiger charge is 2.16. The molecule has 18 heavy (non-hydrogen) atoms. The lowest BCUT2D eigenvalue weighted by Crippen LogP contribution is -2.36. The summed E-state index contributed by atoms with van der Waals surface area (Å²) in [6.45, 7) is 8.04. The number of thiocarbonyl (C=S) groups is 1. The fourth-order valence-electron chi connectivity index (χ4n) is 1.52. The van der Waals surface area contributed by atoms with Gasteiger partial charge in [-0.1, -0.05) is 39.0 Å². The minimum absolute atomic E-state index is 0.0393. The smallest absolute Gasteiger partial charge is 0.226 e. The number of aryl methyl sites for hydroxylation is 1. The highest BCUT2D eigenvalue weighted by Crippen LogP contribution is 2.18. The molecule has 0 saturated heterocycles. The van der Waals surface area contributed by atoms with Gasteiger partial charge in [0.15, 0.2) is 5.11 Å². The van der Waals surface area contributed by atoms with Crippen LogP contribution in [0.5, 0.6) is 0 Å². The summed E-state index contributed by atoms with van der Waals surface area (Å²) in [5, 5.41) is 6.07.